The molecule has 2 aromatic carbocycles. The van der Waals surface area contributed by atoms with Crippen LogP contribution >= 0.6 is 0 Å². The topological polar surface area (TPSA) is 35.5 Å². The molecule has 0 atom stereocenters. The Balaban J connectivity index is 2.23. The molecule has 1 aliphatic carbocycles. The van der Waals surface area contributed by atoms with Crippen molar-refractivity contribution in [2.45, 2.75) is 12.8 Å². The van der Waals surface area contributed by atoms with Crippen molar-refractivity contribution in [3.63, 3.8) is 0 Å². The minimum atomic E-state index is 0.226. The summed E-state index contributed by atoms with van der Waals surface area (Å²) in [6.45, 7) is 0. The highest BCUT2D eigenvalue weighted by Crippen LogP contribution is 2.41. The molecule has 20 heavy (non-hydrogen) atoms. The Hall–Kier alpha value is -2.29. The zero-order valence-electron chi connectivity index (χ0n) is 11.6. The molecule has 0 fully saturated rings. The summed E-state index contributed by atoms with van der Waals surface area (Å²) >= 11 is 0. The lowest BCUT2D eigenvalue weighted by Crippen LogP contribution is -1.96. The highest BCUT2D eigenvalue weighted by atomic mass is 16.5. The van der Waals surface area contributed by atoms with Gasteiger partial charge in [-0.05, 0) is 23.6 Å². The Morgan fingerprint density at radius 1 is 0.850 bits per heavy atom. The summed E-state index contributed by atoms with van der Waals surface area (Å²) in [5.41, 5.74) is 3.99. The summed E-state index contributed by atoms with van der Waals surface area (Å²) < 4.78 is 10.8. The van der Waals surface area contributed by atoms with E-state index in [2.05, 4.69) is 0 Å². The number of fused-ring (bicyclic) bond motifs is 1. The predicted molar refractivity (Wildman–Crippen MR) is 77.6 cm³/mol. The van der Waals surface area contributed by atoms with Crippen LogP contribution in [0.15, 0.2) is 36.4 Å². The lowest BCUT2D eigenvalue weighted by atomic mass is 9.96. The molecule has 0 aromatic heterocycles. The van der Waals surface area contributed by atoms with Crippen molar-refractivity contribution in [2.75, 3.05) is 14.2 Å². The van der Waals surface area contributed by atoms with Gasteiger partial charge in [0.2, 0.25) is 0 Å². The molecule has 0 spiro atoms. The Kier molecular flexibility index (Phi) is 3.18. The molecule has 0 N–H and O–H groups in total. The lowest BCUT2D eigenvalue weighted by molar-refractivity contribution is 0.0994. The largest absolute Gasteiger partial charge is 0.493 e. The van der Waals surface area contributed by atoms with E-state index in [9.17, 15) is 4.79 Å². The fraction of sp³-hybridized carbons (Fsp3) is 0.235. The third-order valence-electron chi connectivity index (χ3n) is 3.77. The van der Waals surface area contributed by atoms with E-state index in [-0.39, 0.29) is 5.78 Å². The van der Waals surface area contributed by atoms with Crippen LogP contribution in [0.1, 0.15) is 22.3 Å². The smallest absolute Gasteiger partial charge is 0.168 e. The van der Waals surface area contributed by atoms with Crippen LogP contribution in [0.4, 0.5) is 0 Å². The summed E-state index contributed by atoms with van der Waals surface area (Å²) in [4.78, 5) is 11.9. The van der Waals surface area contributed by atoms with E-state index in [1.165, 1.54) is 0 Å². The number of Topliss-reactive ketones (excluding diaryl/α,β-unsaturated/α-hetero) is 1. The van der Waals surface area contributed by atoms with E-state index in [4.69, 9.17) is 9.47 Å². The van der Waals surface area contributed by atoms with E-state index in [0.29, 0.717) is 17.9 Å². The first-order chi connectivity index (χ1) is 9.76. The minimum Gasteiger partial charge on any atom is -0.493 e. The maximum absolute atomic E-state index is 11.9. The maximum atomic E-state index is 11.9. The van der Waals surface area contributed by atoms with Gasteiger partial charge in [-0.3, -0.25) is 4.79 Å². The van der Waals surface area contributed by atoms with Gasteiger partial charge in [0.1, 0.15) is 0 Å². The van der Waals surface area contributed by atoms with Crippen LogP contribution in [0.3, 0.4) is 0 Å². The van der Waals surface area contributed by atoms with Gasteiger partial charge in [0.15, 0.2) is 17.3 Å². The van der Waals surface area contributed by atoms with Gasteiger partial charge in [-0.1, -0.05) is 30.3 Å². The highest BCUT2D eigenvalue weighted by Gasteiger charge is 2.24. The first-order valence-electron chi connectivity index (χ1n) is 6.62. The second kappa shape index (κ2) is 5.00. The zero-order valence-corrected chi connectivity index (χ0v) is 11.6. The van der Waals surface area contributed by atoms with Crippen molar-refractivity contribution in [1.82, 2.24) is 0 Å². The molecule has 0 heterocycles. The van der Waals surface area contributed by atoms with Gasteiger partial charge in [0, 0.05) is 17.5 Å². The molecule has 3 heteroatoms. The number of ether oxygens (including phenoxy) is 2. The molecule has 0 bridgehead atoms. The first-order valence-corrected chi connectivity index (χ1v) is 6.62. The van der Waals surface area contributed by atoms with Crippen molar-refractivity contribution in [3.05, 3.63) is 47.5 Å². The SMILES string of the molecule is COc1cccc(-c2cccc3c2CCC3=O)c1OC. The van der Waals surface area contributed by atoms with E-state index in [0.717, 1.165) is 28.7 Å². The molecule has 0 saturated heterocycles. The van der Waals surface area contributed by atoms with E-state index >= 15 is 0 Å². The average Bonchev–Trinajstić information content (AvgIpc) is 2.88. The minimum absolute atomic E-state index is 0.226. The molecule has 2 aromatic rings. The molecular formula is C17H16O3. The van der Waals surface area contributed by atoms with E-state index in [1.54, 1.807) is 14.2 Å². The number of hydrogen-bond acceptors (Lipinski definition) is 3. The van der Waals surface area contributed by atoms with Crippen LogP contribution in [-0.2, 0) is 6.42 Å². The molecule has 102 valence electrons. The summed E-state index contributed by atoms with van der Waals surface area (Å²) in [6.07, 6.45) is 1.39. The van der Waals surface area contributed by atoms with Gasteiger partial charge in [0.25, 0.3) is 0 Å². The Morgan fingerprint density at radius 3 is 2.30 bits per heavy atom. The maximum Gasteiger partial charge on any atom is 0.168 e. The van der Waals surface area contributed by atoms with Crippen molar-refractivity contribution in [3.8, 4) is 22.6 Å². The fourth-order valence-electron chi connectivity index (χ4n) is 2.84. The van der Waals surface area contributed by atoms with E-state index in [1.807, 2.05) is 36.4 Å². The Labute approximate surface area is 118 Å². The van der Waals surface area contributed by atoms with Crippen molar-refractivity contribution >= 4 is 5.78 Å². The Bertz CT molecular complexity index is 674. The molecule has 1 aliphatic rings. The predicted octanol–water partition coefficient (Wildman–Crippen LogP) is 3.50. The van der Waals surface area contributed by atoms with Gasteiger partial charge in [-0.25, -0.2) is 0 Å². The number of carbonyl (C=O) groups is 1. The van der Waals surface area contributed by atoms with Crippen LogP contribution in [-0.4, -0.2) is 20.0 Å². The van der Waals surface area contributed by atoms with Crippen molar-refractivity contribution in [2.24, 2.45) is 0 Å². The van der Waals surface area contributed by atoms with Gasteiger partial charge in [-0.2, -0.15) is 0 Å². The van der Waals surface area contributed by atoms with Gasteiger partial charge in [0.05, 0.1) is 14.2 Å². The second-order valence-corrected chi connectivity index (χ2v) is 4.80. The second-order valence-electron chi connectivity index (χ2n) is 4.80. The molecular weight excluding hydrogens is 252 g/mol. The molecule has 0 unspecified atom stereocenters. The highest BCUT2D eigenvalue weighted by molar-refractivity contribution is 6.02. The van der Waals surface area contributed by atoms with Gasteiger partial charge in [-0.15, -0.1) is 0 Å². The number of methoxy groups -OCH3 is 2. The fourth-order valence-corrected chi connectivity index (χ4v) is 2.84. The molecule has 0 aliphatic heterocycles. The lowest BCUT2D eigenvalue weighted by Gasteiger charge is -2.15. The van der Waals surface area contributed by atoms with Gasteiger partial charge >= 0.3 is 0 Å². The van der Waals surface area contributed by atoms with Crippen LogP contribution < -0.4 is 9.47 Å². The number of hydrogen-bond donors (Lipinski definition) is 0. The summed E-state index contributed by atoms with van der Waals surface area (Å²) in [5, 5.41) is 0. The third-order valence-corrected chi connectivity index (χ3v) is 3.77. The quantitative estimate of drug-likeness (QED) is 0.854. The van der Waals surface area contributed by atoms with Gasteiger partial charge < -0.3 is 9.47 Å². The van der Waals surface area contributed by atoms with Crippen LogP contribution in [0.25, 0.3) is 11.1 Å². The summed E-state index contributed by atoms with van der Waals surface area (Å²) in [5.74, 6) is 1.64. The number of carbonyl (C=O) groups excluding carboxylic acids is 1. The zero-order chi connectivity index (χ0) is 14.1. The van der Waals surface area contributed by atoms with Crippen molar-refractivity contribution < 1.29 is 14.3 Å². The molecule has 3 nitrogen and oxygen atoms in total. The standard InChI is InChI=1S/C17H16O3/c1-19-16-8-4-7-14(17(16)20-2)11-5-3-6-13-12(11)9-10-15(13)18/h3-8H,9-10H2,1-2H3. The average molecular weight is 268 g/mol. The van der Waals surface area contributed by atoms with Crippen LogP contribution in [0.5, 0.6) is 11.5 Å². The normalized spacial score (nSPS) is 13.2. The Morgan fingerprint density at radius 2 is 1.55 bits per heavy atom. The number of ketones is 1. The van der Waals surface area contributed by atoms with Crippen molar-refractivity contribution in [1.29, 1.82) is 0 Å². The van der Waals surface area contributed by atoms with Crippen LogP contribution in [0.2, 0.25) is 0 Å². The number of benzene rings is 2. The first kappa shape index (κ1) is 12.7. The molecule has 0 radical (unpaired) electrons. The number of rotatable bonds is 3. The van der Waals surface area contributed by atoms with Crippen LogP contribution in [0, 0.1) is 0 Å². The summed E-state index contributed by atoms with van der Waals surface area (Å²) in [7, 11) is 3.26. The summed E-state index contributed by atoms with van der Waals surface area (Å²) in [6, 6.07) is 11.7. The van der Waals surface area contributed by atoms with E-state index < -0.39 is 0 Å². The monoisotopic (exact) mass is 268 g/mol. The molecule has 0 amide bonds. The number of para-hydroxylation sites is 1. The molecule has 3 rings (SSSR count). The molecule has 0 saturated carbocycles. The third kappa shape index (κ3) is 1.86.